The average molecular weight is 263 g/mol. The average Bonchev–Trinajstić information content (AvgIpc) is 2.35. The van der Waals surface area contributed by atoms with Gasteiger partial charge in [0.25, 0.3) is 5.91 Å². The van der Waals surface area contributed by atoms with Crippen molar-refractivity contribution < 1.29 is 9.90 Å². The van der Waals surface area contributed by atoms with Crippen molar-refractivity contribution in [2.75, 3.05) is 5.32 Å². The zero-order chi connectivity index (χ0) is 13.1. The summed E-state index contributed by atoms with van der Waals surface area (Å²) in [5, 5.41) is 12.3. The fourth-order valence-electron chi connectivity index (χ4n) is 1.49. The third-order valence-electron chi connectivity index (χ3n) is 2.45. The van der Waals surface area contributed by atoms with Crippen LogP contribution in [0.25, 0.3) is 0 Å². The first-order valence-corrected chi connectivity index (χ1v) is 5.67. The van der Waals surface area contributed by atoms with Gasteiger partial charge in [-0.2, -0.15) is 0 Å². The molecule has 2 rings (SSSR count). The van der Waals surface area contributed by atoms with Crippen LogP contribution < -0.4 is 5.32 Å². The molecule has 0 spiro atoms. The summed E-state index contributed by atoms with van der Waals surface area (Å²) in [6.45, 7) is 1.79. The van der Waals surface area contributed by atoms with Crippen LogP contribution >= 0.6 is 11.6 Å². The van der Waals surface area contributed by atoms with Gasteiger partial charge in [-0.3, -0.25) is 9.78 Å². The van der Waals surface area contributed by atoms with Crippen molar-refractivity contribution in [3.63, 3.8) is 0 Å². The SMILES string of the molecule is Cc1ncccc1NC(=O)c1cc(O)ccc1Cl. The molecule has 1 amide bonds. The van der Waals surface area contributed by atoms with Gasteiger partial charge in [-0.05, 0) is 37.3 Å². The number of carbonyl (C=O) groups is 1. The van der Waals surface area contributed by atoms with Crippen LogP contribution in [0.5, 0.6) is 5.75 Å². The van der Waals surface area contributed by atoms with E-state index in [0.29, 0.717) is 11.4 Å². The lowest BCUT2D eigenvalue weighted by Crippen LogP contribution is -2.13. The Bertz CT molecular complexity index is 599. The zero-order valence-electron chi connectivity index (χ0n) is 9.64. The van der Waals surface area contributed by atoms with Crippen molar-refractivity contribution in [2.24, 2.45) is 0 Å². The third-order valence-corrected chi connectivity index (χ3v) is 2.78. The number of anilines is 1. The van der Waals surface area contributed by atoms with E-state index in [0.717, 1.165) is 0 Å². The Morgan fingerprint density at radius 2 is 2.17 bits per heavy atom. The number of nitrogens with one attached hydrogen (secondary N) is 1. The number of pyridine rings is 1. The lowest BCUT2D eigenvalue weighted by atomic mass is 10.2. The predicted molar refractivity (Wildman–Crippen MR) is 70.0 cm³/mol. The molecule has 0 unspecified atom stereocenters. The minimum atomic E-state index is -0.382. The van der Waals surface area contributed by atoms with Crippen molar-refractivity contribution in [1.82, 2.24) is 4.98 Å². The number of phenols is 1. The Morgan fingerprint density at radius 1 is 1.39 bits per heavy atom. The standard InChI is InChI=1S/C13H11ClN2O2/c1-8-12(3-2-6-15-8)16-13(18)10-7-9(17)4-5-11(10)14/h2-7,17H,1H3,(H,16,18). The van der Waals surface area contributed by atoms with E-state index in [2.05, 4.69) is 10.3 Å². The second-order valence-electron chi connectivity index (χ2n) is 3.75. The van der Waals surface area contributed by atoms with E-state index in [9.17, 15) is 9.90 Å². The van der Waals surface area contributed by atoms with Gasteiger partial charge in [0.2, 0.25) is 0 Å². The number of aromatic hydroxyl groups is 1. The first-order chi connectivity index (χ1) is 8.58. The van der Waals surface area contributed by atoms with E-state index < -0.39 is 0 Å². The molecule has 0 aliphatic heterocycles. The minimum absolute atomic E-state index is 0.00698. The molecule has 4 nitrogen and oxygen atoms in total. The Labute approximate surface area is 109 Å². The molecule has 92 valence electrons. The molecule has 0 saturated carbocycles. The van der Waals surface area contributed by atoms with Gasteiger partial charge >= 0.3 is 0 Å². The van der Waals surface area contributed by atoms with E-state index in [-0.39, 0.29) is 22.2 Å². The number of aryl methyl sites for hydroxylation is 1. The number of amides is 1. The van der Waals surface area contributed by atoms with Crippen LogP contribution in [0.1, 0.15) is 16.1 Å². The summed E-state index contributed by atoms with van der Waals surface area (Å²) in [4.78, 5) is 16.1. The molecule has 1 aromatic heterocycles. The van der Waals surface area contributed by atoms with Gasteiger partial charge < -0.3 is 10.4 Å². The summed E-state index contributed by atoms with van der Waals surface area (Å²) in [7, 11) is 0. The maximum absolute atomic E-state index is 12.0. The predicted octanol–water partition coefficient (Wildman–Crippen LogP) is 3.00. The molecule has 5 heteroatoms. The molecule has 0 aliphatic carbocycles. The Morgan fingerprint density at radius 3 is 2.89 bits per heavy atom. The highest BCUT2D eigenvalue weighted by molar-refractivity contribution is 6.34. The van der Waals surface area contributed by atoms with Crippen LogP contribution in [0.4, 0.5) is 5.69 Å². The van der Waals surface area contributed by atoms with Crippen molar-refractivity contribution in [3.8, 4) is 5.75 Å². The second-order valence-corrected chi connectivity index (χ2v) is 4.16. The fourth-order valence-corrected chi connectivity index (χ4v) is 1.70. The van der Waals surface area contributed by atoms with Crippen LogP contribution in [0.3, 0.4) is 0 Å². The maximum Gasteiger partial charge on any atom is 0.257 e. The van der Waals surface area contributed by atoms with Gasteiger partial charge in [0.1, 0.15) is 5.75 Å². The Hall–Kier alpha value is -2.07. The van der Waals surface area contributed by atoms with Crippen molar-refractivity contribution in [2.45, 2.75) is 6.92 Å². The van der Waals surface area contributed by atoms with Crippen molar-refractivity contribution in [1.29, 1.82) is 0 Å². The quantitative estimate of drug-likeness (QED) is 0.875. The first-order valence-electron chi connectivity index (χ1n) is 5.29. The number of hydrogen-bond acceptors (Lipinski definition) is 3. The molecule has 2 aromatic rings. The van der Waals surface area contributed by atoms with Gasteiger partial charge in [-0.1, -0.05) is 11.6 Å². The molecule has 0 bridgehead atoms. The lowest BCUT2D eigenvalue weighted by Gasteiger charge is -2.08. The molecular formula is C13H11ClN2O2. The molecule has 0 fully saturated rings. The van der Waals surface area contributed by atoms with Crippen LogP contribution in [0.2, 0.25) is 5.02 Å². The highest BCUT2D eigenvalue weighted by Crippen LogP contribution is 2.22. The first kappa shape index (κ1) is 12.4. The number of hydrogen-bond donors (Lipinski definition) is 2. The molecule has 0 aliphatic rings. The normalized spacial score (nSPS) is 10.1. The number of carbonyl (C=O) groups excluding carboxylic acids is 1. The number of aromatic nitrogens is 1. The molecule has 1 heterocycles. The third kappa shape index (κ3) is 2.60. The second kappa shape index (κ2) is 5.06. The fraction of sp³-hybridized carbons (Fsp3) is 0.0769. The van der Waals surface area contributed by atoms with Gasteiger partial charge in [-0.25, -0.2) is 0 Å². The Balaban J connectivity index is 2.28. The van der Waals surface area contributed by atoms with E-state index in [1.165, 1.54) is 18.2 Å². The highest BCUT2D eigenvalue weighted by atomic mass is 35.5. The summed E-state index contributed by atoms with van der Waals surface area (Å²) >= 11 is 5.91. The molecule has 0 saturated heterocycles. The van der Waals surface area contributed by atoms with Gasteiger partial charge in [0.05, 0.1) is 22.0 Å². The molecule has 1 aromatic carbocycles. The summed E-state index contributed by atoms with van der Waals surface area (Å²) < 4.78 is 0. The molecule has 0 radical (unpaired) electrons. The Kier molecular flexibility index (Phi) is 3.48. The van der Waals surface area contributed by atoms with Crippen LogP contribution in [-0.2, 0) is 0 Å². The molecule has 18 heavy (non-hydrogen) atoms. The van der Waals surface area contributed by atoms with E-state index in [1.54, 1.807) is 25.3 Å². The van der Waals surface area contributed by atoms with Crippen molar-refractivity contribution >= 4 is 23.2 Å². The summed E-state index contributed by atoms with van der Waals surface area (Å²) in [5.41, 5.74) is 1.55. The van der Waals surface area contributed by atoms with E-state index >= 15 is 0 Å². The number of rotatable bonds is 2. The molecular weight excluding hydrogens is 252 g/mol. The molecule has 0 atom stereocenters. The largest absolute Gasteiger partial charge is 0.508 e. The van der Waals surface area contributed by atoms with Gasteiger partial charge in [0.15, 0.2) is 0 Å². The van der Waals surface area contributed by atoms with Gasteiger partial charge in [0, 0.05) is 6.20 Å². The highest BCUT2D eigenvalue weighted by Gasteiger charge is 2.12. The summed E-state index contributed by atoms with van der Waals surface area (Å²) in [6, 6.07) is 7.70. The maximum atomic E-state index is 12.0. The van der Waals surface area contributed by atoms with E-state index in [4.69, 9.17) is 11.6 Å². The van der Waals surface area contributed by atoms with Crippen LogP contribution in [0.15, 0.2) is 36.5 Å². The minimum Gasteiger partial charge on any atom is -0.508 e. The number of benzene rings is 1. The topological polar surface area (TPSA) is 62.2 Å². The summed E-state index contributed by atoms with van der Waals surface area (Å²) in [6.07, 6.45) is 1.65. The lowest BCUT2D eigenvalue weighted by molar-refractivity contribution is 0.102. The number of phenolic OH excluding ortho intramolecular Hbond substituents is 1. The number of halogens is 1. The molecule has 2 N–H and O–H groups in total. The van der Waals surface area contributed by atoms with E-state index in [1.807, 2.05) is 0 Å². The van der Waals surface area contributed by atoms with Crippen LogP contribution in [-0.4, -0.2) is 16.0 Å². The monoisotopic (exact) mass is 262 g/mol. The zero-order valence-corrected chi connectivity index (χ0v) is 10.4. The smallest absolute Gasteiger partial charge is 0.257 e. The van der Waals surface area contributed by atoms with Crippen molar-refractivity contribution in [3.05, 3.63) is 52.8 Å². The number of nitrogens with zero attached hydrogens (tertiary/aromatic N) is 1. The van der Waals surface area contributed by atoms with Gasteiger partial charge in [-0.15, -0.1) is 0 Å². The summed E-state index contributed by atoms with van der Waals surface area (Å²) in [5.74, 6) is -0.389. The van der Waals surface area contributed by atoms with Crippen LogP contribution in [0, 0.1) is 6.92 Å².